The SMILES string of the molecule is CCc1ccc(CNC2CC(c3ccccc3Cl)C2)cc1. The van der Waals surface area contributed by atoms with E-state index in [2.05, 4.69) is 48.6 Å². The second-order valence-electron chi connectivity index (χ2n) is 5.94. The monoisotopic (exact) mass is 299 g/mol. The van der Waals surface area contributed by atoms with Crippen LogP contribution < -0.4 is 5.32 Å². The zero-order valence-electron chi connectivity index (χ0n) is 12.5. The predicted octanol–water partition coefficient (Wildman–Crippen LogP) is 4.94. The second-order valence-corrected chi connectivity index (χ2v) is 6.34. The molecule has 0 aromatic heterocycles. The number of hydrogen-bond acceptors (Lipinski definition) is 1. The minimum absolute atomic E-state index is 0.622. The van der Waals surface area contributed by atoms with E-state index in [1.54, 1.807) is 0 Å². The highest BCUT2D eigenvalue weighted by atomic mass is 35.5. The number of hydrogen-bond donors (Lipinski definition) is 1. The van der Waals surface area contributed by atoms with Gasteiger partial charge in [0.05, 0.1) is 0 Å². The van der Waals surface area contributed by atoms with Crippen LogP contribution in [0.2, 0.25) is 5.02 Å². The molecule has 2 aromatic rings. The maximum Gasteiger partial charge on any atom is 0.0440 e. The Morgan fingerprint density at radius 1 is 1.00 bits per heavy atom. The van der Waals surface area contributed by atoms with E-state index in [4.69, 9.17) is 11.6 Å². The second kappa shape index (κ2) is 6.64. The van der Waals surface area contributed by atoms with Gasteiger partial charge >= 0.3 is 0 Å². The van der Waals surface area contributed by atoms with Gasteiger partial charge < -0.3 is 5.32 Å². The van der Waals surface area contributed by atoms with Crippen LogP contribution in [0.15, 0.2) is 48.5 Å². The average Bonchev–Trinajstić information content (AvgIpc) is 2.48. The molecule has 3 rings (SSSR count). The molecular weight excluding hydrogens is 278 g/mol. The Bertz CT molecular complexity index is 585. The highest BCUT2D eigenvalue weighted by molar-refractivity contribution is 6.31. The third-order valence-corrected chi connectivity index (χ3v) is 4.85. The number of aryl methyl sites for hydroxylation is 1. The normalized spacial score (nSPS) is 21.0. The zero-order chi connectivity index (χ0) is 14.7. The lowest BCUT2D eigenvalue weighted by atomic mass is 9.76. The van der Waals surface area contributed by atoms with Crippen molar-refractivity contribution in [1.29, 1.82) is 0 Å². The molecule has 0 radical (unpaired) electrons. The first-order chi connectivity index (χ1) is 10.3. The maximum absolute atomic E-state index is 6.26. The van der Waals surface area contributed by atoms with Crippen molar-refractivity contribution in [3.63, 3.8) is 0 Å². The molecule has 0 heterocycles. The highest BCUT2D eigenvalue weighted by Crippen LogP contribution is 2.39. The molecule has 1 aliphatic carbocycles. The van der Waals surface area contributed by atoms with Crippen molar-refractivity contribution in [3.8, 4) is 0 Å². The molecule has 2 aromatic carbocycles. The summed E-state index contributed by atoms with van der Waals surface area (Å²) in [4.78, 5) is 0. The van der Waals surface area contributed by atoms with E-state index in [9.17, 15) is 0 Å². The van der Waals surface area contributed by atoms with E-state index in [-0.39, 0.29) is 0 Å². The quantitative estimate of drug-likeness (QED) is 0.824. The van der Waals surface area contributed by atoms with E-state index in [1.807, 2.05) is 12.1 Å². The summed E-state index contributed by atoms with van der Waals surface area (Å²) in [7, 11) is 0. The van der Waals surface area contributed by atoms with Gasteiger partial charge in [0, 0.05) is 17.6 Å². The summed E-state index contributed by atoms with van der Waals surface area (Å²) in [6, 6.07) is 17.8. The van der Waals surface area contributed by atoms with E-state index in [1.165, 1.54) is 29.5 Å². The molecule has 0 unspecified atom stereocenters. The summed E-state index contributed by atoms with van der Waals surface area (Å²) < 4.78 is 0. The predicted molar refractivity (Wildman–Crippen MR) is 89.9 cm³/mol. The van der Waals surface area contributed by atoms with Crippen molar-refractivity contribution in [1.82, 2.24) is 5.32 Å². The average molecular weight is 300 g/mol. The lowest BCUT2D eigenvalue weighted by Gasteiger charge is -2.37. The molecule has 21 heavy (non-hydrogen) atoms. The molecule has 1 N–H and O–H groups in total. The van der Waals surface area contributed by atoms with Gasteiger partial charge in [-0.2, -0.15) is 0 Å². The largest absolute Gasteiger partial charge is 0.310 e. The van der Waals surface area contributed by atoms with E-state index < -0.39 is 0 Å². The van der Waals surface area contributed by atoms with E-state index in [0.29, 0.717) is 12.0 Å². The Balaban J connectivity index is 1.48. The minimum atomic E-state index is 0.622. The van der Waals surface area contributed by atoms with Gasteiger partial charge in [0.25, 0.3) is 0 Å². The van der Waals surface area contributed by atoms with Crippen molar-refractivity contribution >= 4 is 11.6 Å². The number of rotatable bonds is 5. The van der Waals surface area contributed by atoms with E-state index >= 15 is 0 Å². The fourth-order valence-corrected chi connectivity index (χ4v) is 3.29. The summed E-state index contributed by atoms with van der Waals surface area (Å²) in [6.45, 7) is 3.15. The van der Waals surface area contributed by atoms with Gasteiger partial charge in [-0.1, -0.05) is 61.0 Å². The van der Waals surface area contributed by atoms with Gasteiger partial charge in [-0.15, -0.1) is 0 Å². The molecule has 1 saturated carbocycles. The fraction of sp³-hybridized carbons (Fsp3) is 0.368. The molecular formula is C19H22ClN. The smallest absolute Gasteiger partial charge is 0.0440 e. The summed E-state index contributed by atoms with van der Waals surface area (Å²) in [6.07, 6.45) is 3.49. The first-order valence-corrected chi connectivity index (χ1v) is 8.19. The van der Waals surface area contributed by atoms with Crippen LogP contribution in [0.25, 0.3) is 0 Å². The molecule has 2 heteroatoms. The van der Waals surface area contributed by atoms with Crippen LogP contribution in [0.5, 0.6) is 0 Å². The molecule has 1 fully saturated rings. The molecule has 110 valence electrons. The van der Waals surface area contributed by atoms with Gasteiger partial charge in [0.15, 0.2) is 0 Å². The molecule has 0 aliphatic heterocycles. The standard InChI is InChI=1S/C19H22ClN/c1-2-14-7-9-15(10-8-14)13-21-17-11-16(12-17)18-5-3-4-6-19(18)20/h3-10,16-17,21H,2,11-13H2,1H3. The molecule has 0 bridgehead atoms. The summed E-state index contributed by atoms with van der Waals surface area (Å²) in [5, 5.41) is 4.56. The van der Waals surface area contributed by atoms with Crippen LogP contribution in [-0.2, 0) is 13.0 Å². The Kier molecular flexibility index (Phi) is 4.62. The van der Waals surface area contributed by atoms with Crippen LogP contribution in [0.4, 0.5) is 0 Å². The summed E-state index contributed by atoms with van der Waals surface area (Å²) >= 11 is 6.26. The molecule has 1 aliphatic rings. The van der Waals surface area contributed by atoms with Crippen molar-refractivity contribution in [2.24, 2.45) is 0 Å². The Labute approximate surface area is 132 Å². The maximum atomic E-state index is 6.26. The lowest BCUT2D eigenvalue weighted by Crippen LogP contribution is -2.39. The van der Waals surface area contributed by atoms with Gasteiger partial charge in [-0.3, -0.25) is 0 Å². The van der Waals surface area contributed by atoms with Crippen LogP contribution in [0.1, 0.15) is 42.4 Å². The Morgan fingerprint density at radius 3 is 2.33 bits per heavy atom. The van der Waals surface area contributed by atoms with Gasteiger partial charge in [-0.05, 0) is 47.9 Å². The number of benzene rings is 2. The molecule has 0 atom stereocenters. The van der Waals surface area contributed by atoms with Gasteiger partial charge in [0.1, 0.15) is 0 Å². The van der Waals surface area contributed by atoms with E-state index in [0.717, 1.165) is 18.0 Å². The lowest BCUT2D eigenvalue weighted by molar-refractivity contribution is 0.289. The highest BCUT2D eigenvalue weighted by Gasteiger charge is 2.30. The Hall–Kier alpha value is -1.31. The fourth-order valence-electron chi connectivity index (χ4n) is 3.00. The molecule has 0 saturated heterocycles. The summed E-state index contributed by atoms with van der Waals surface area (Å²) in [5.74, 6) is 0.624. The first kappa shape index (κ1) is 14.6. The number of nitrogens with one attached hydrogen (secondary N) is 1. The topological polar surface area (TPSA) is 12.0 Å². The van der Waals surface area contributed by atoms with Crippen LogP contribution in [0.3, 0.4) is 0 Å². The first-order valence-electron chi connectivity index (χ1n) is 7.82. The molecule has 0 spiro atoms. The van der Waals surface area contributed by atoms with Crippen LogP contribution in [-0.4, -0.2) is 6.04 Å². The minimum Gasteiger partial charge on any atom is -0.310 e. The van der Waals surface area contributed by atoms with Crippen molar-refractivity contribution in [2.45, 2.75) is 44.7 Å². The van der Waals surface area contributed by atoms with Crippen molar-refractivity contribution < 1.29 is 0 Å². The third-order valence-electron chi connectivity index (χ3n) is 4.51. The van der Waals surface area contributed by atoms with Crippen LogP contribution >= 0.6 is 11.6 Å². The van der Waals surface area contributed by atoms with Gasteiger partial charge in [0.2, 0.25) is 0 Å². The van der Waals surface area contributed by atoms with Crippen molar-refractivity contribution in [2.75, 3.05) is 0 Å². The number of halogens is 1. The van der Waals surface area contributed by atoms with Gasteiger partial charge in [-0.25, -0.2) is 0 Å². The molecule has 1 nitrogen and oxygen atoms in total. The van der Waals surface area contributed by atoms with Crippen molar-refractivity contribution in [3.05, 3.63) is 70.2 Å². The van der Waals surface area contributed by atoms with Crippen LogP contribution in [0, 0.1) is 0 Å². The summed E-state index contributed by atoms with van der Waals surface area (Å²) in [5.41, 5.74) is 4.08. The Morgan fingerprint density at radius 2 is 1.67 bits per heavy atom. The molecule has 0 amide bonds. The zero-order valence-corrected chi connectivity index (χ0v) is 13.2. The third kappa shape index (κ3) is 3.48.